The second-order valence-electron chi connectivity index (χ2n) is 13.3. The molecule has 0 aromatic rings. The summed E-state index contributed by atoms with van der Waals surface area (Å²) in [5.41, 5.74) is 2.14. The average molecular weight is 641 g/mol. The van der Waals surface area contributed by atoms with Crippen LogP contribution in [0, 0.1) is 29.6 Å². The maximum atomic E-state index is 11.5. The summed E-state index contributed by atoms with van der Waals surface area (Å²) in [6, 6.07) is 0. The van der Waals surface area contributed by atoms with E-state index in [4.69, 9.17) is 9.47 Å². The van der Waals surface area contributed by atoms with E-state index < -0.39 is 72.9 Å². The topological polar surface area (TPSA) is 177 Å². The lowest BCUT2D eigenvalue weighted by Crippen LogP contribution is -2.58. The Labute approximate surface area is 269 Å². The molecule has 0 aliphatic carbocycles. The second kappa shape index (κ2) is 18.4. The lowest BCUT2D eigenvalue weighted by atomic mass is 9.87. The van der Waals surface area contributed by atoms with Gasteiger partial charge in [-0.25, -0.2) is 4.79 Å². The number of hydrogen-bond acceptors (Lipinski definition) is 9. The van der Waals surface area contributed by atoms with Gasteiger partial charge in [0.25, 0.3) is 0 Å². The van der Waals surface area contributed by atoms with Gasteiger partial charge >= 0.3 is 5.97 Å². The van der Waals surface area contributed by atoms with E-state index in [2.05, 4.69) is 0 Å². The van der Waals surface area contributed by atoms with Crippen molar-refractivity contribution in [2.75, 3.05) is 0 Å². The molecule has 0 saturated carbocycles. The molecule has 1 saturated heterocycles. The van der Waals surface area contributed by atoms with E-state index in [1.807, 2.05) is 53.7 Å². The van der Waals surface area contributed by atoms with E-state index in [0.717, 1.165) is 12.0 Å². The van der Waals surface area contributed by atoms with Gasteiger partial charge in [-0.3, -0.25) is 0 Å². The molecule has 1 rings (SSSR count). The van der Waals surface area contributed by atoms with Crippen LogP contribution < -0.4 is 0 Å². The second-order valence-corrected chi connectivity index (χ2v) is 13.3. The Morgan fingerprint density at radius 3 is 1.67 bits per heavy atom. The largest absolute Gasteiger partial charge is 0.478 e. The molecule has 1 aliphatic rings. The Kier molecular flexibility index (Phi) is 16.9. The molecule has 0 bridgehead atoms. The third-order valence-electron chi connectivity index (χ3n) is 9.14. The maximum Gasteiger partial charge on any atom is 0.330 e. The summed E-state index contributed by atoms with van der Waals surface area (Å²) in [6.45, 7) is 19.8. The van der Waals surface area contributed by atoms with Crippen LogP contribution in [-0.4, -0.2) is 96.8 Å². The molecule has 7 N–H and O–H groups in total. The van der Waals surface area contributed by atoms with Crippen molar-refractivity contribution in [2.45, 2.75) is 138 Å². The van der Waals surface area contributed by atoms with Crippen molar-refractivity contribution < 1.29 is 50.0 Å². The number of carboxylic acids is 1. The number of aliphatic hydroxyl groups is 6. The summed E-state index contributed by atoms with van der Waals surface area (Å²) in [5, 5.41) is 73.1. The normalized spacial score (nSPS) is 30.1. The summed E-state index contributed by atoms with van der Waals surface area (Å²) in [7, 11) is 0. The van der Waals surface area contributed by atoms with Gasteiger partial charge < -0.3 is 45.2 Å². The average Bonchev–Trinajstić information content (AvgIpc) is 2.98. The van der Waals surface area contributed by atoms with Crippen LogP contribution in [0.5, 0.6) is 0 Å². The first-order chi connectivity index (χ1) is 20.7. The molecule has 1 aliphatic heterocycles. The molecule has 10 nitrogen and oxygen atoms in total. The number of ether oxygens (including phenoxy) is 2. The Morgan fingerprint density at radius 2 is 1.20 bits per heavy atom. The first kappa shape index (κ1) is 41.1. The highest BCUT2D eigenvalue weighted by Gasteiger charge is 2.44. The fourth-order valence-corrected chi connectivity index (χ4v) is 5.88. The Hall–Kier alpha value is -1.89. The highest BCUT2D eigenvalue weighted by molar-refractivity contribution is 5.85. The SMILES string of the molecule is CCC(C)C(O)C(C)/C=C(\C)[C@@H](O)[C@@H](C)/C=C(\C)[C@@H](O)[C@@H](C)/C=C(\C)[C@@H](O[C@H]1O[C@@H](C)[C@H](O)[C@@H](O)[C@H]1O)[C@@H](C)/C=C(\C)C(=O)O. The van der Waals surface area contributed by atoms with Crippen molar-refractivity contribution in [2.24, 2.45) is 29.6 Å². The molecule has 10 heteroatoms. The zero-order chi connectivity index (χ0) is 34.9. The summed E-state index contributed by atoms with van der Waals surface area (Å²) in [6.07, 6.45) is -1.52. The predicted molar refractivity (Wildman–Crippen MR) is 174 cm³/mol. The summed E-state index contributed by atoms with van der Waals surface area (Å²) < 4.78 is 11.8. The van der Waals surface area contributed by atoms with E-state index in [1.165, 1.54) is 13.0 Å². The van der Waals surface area contributed by atoms with E-state index in [1.54, 1.807) is 33.8 Å². The number of aliphatic carboxylic acids is 1. The predicted octanol–water partition coefficient (Wildman–Crippen LogP) is 3.74. The Balaban J connectivity index is 3.22. The highest BCUT2D eigenvalue weighted by Crippen LogP contribution is 2.30. The molecule has 1 fully saturated rings. The van der Waals surface area contributed by atoms with Gasteiger partial charge in [-0.15, -0.1) is 0 Å². The van der Waals surface area contributed by atoms with Gasteiger partial charge in [0.1, 0.15) is 18.3 Å². The molecular formula is C35H60O10. The van der Waals surface area contributed by atoms with Crippen LogP contribution in [0.2, 0.25) is 0 Å². The van der Waals surface area contributed by atoms with E-state index in [0.29, 0.717) is 11.1 Å². The van der Waals surface area contributed by atoms with Gasteiger partial charge in [0, 0.05) is 29.2 Å². The van der Waals surface area contributed by atoms with Crippen LogP contribution in [-0.2, 0) is 14.3 Å². The van der Waals surface area contributed by atoms with E-state index >= 15 is 0 Å². The molecule has 14 atom stereocenters. The Bertz CT molecular complexity index is 1060. The van der Waals surface area contributed by atoms with Crippen LogP contribution >= 0.6 is 0 Å². The van der Waals surface area contributed by atoms with Crippen LogP contribution in [0.1, 0.15) is 82.6 Å². The number of rotatable bonds is 16. The minimum Gasteiger partial charge on any atom is -0.478 e. The Morgan fingerprint density at radius 1 is 0.733 bits per heavy atom. The molecule has 45 heavy (non-hydrogen) atoms. The first-order valence-corrected chi connectivity index (χ1v) is 16.1. The van der Waals surface area contributed by atoms with Gasteiger partial charge in [-0.2, -0.15) is 0 Å². The molecular weight excluding hydrogens is 580 g/mol. The molecule has 0 spiro atoms. The molecule has 0 aromatic heterocycles. The van der Waals surface area contributed by atoms with Gasteiger partial charge in [0.2, 0.25) is 0 Å². The third kappa shape index (κ3) is 11.7. The van der Waals surface area contributed by atoms with Gasteiger partial charge in [-0.1, -0.05) is 72.3 Å². The molecule has 1 heterocycles. The van der Waals surface area contributed by atoms with Crippen LogP contribution in [0.15, 0.2) is 46.6 Å². The van der Waals surface area contributed by atoms with Crippen LogP contribution in [0.3, 0.4) is 0 Å². The maximum absolute atomic E-state index is 11.5. The first-order valence-electron chi connectivity index (χ1n) is 16.1. The zero-order valence-electron chi connectivity index (χ0n) is 29.0. The quantitative estimate of drug-likeness (QED) is 0.0972. The monoisotopic (exact) mass is 640 g/mol. The van der Waals surface area contributed by atoms with Gasteiger partial charge in [-0.05, 0) is 57.3 Å². The van der Waals surface area contributed by atoms with Crippen molar-refractivity contribution in [1.29, 1.82) is 0 Å². The zero-order valence-corrected chi connectivity index (χ0v) is 29.0. The van der Waals surface area contributed by atoms with Crippen molar-refractivity contribution in [3.63, 3.8) is 0 Å². The van der Waals surface area contributed by atoms with Gasteiger partial charge in [0.05, 0.1) is 30.5 Å². The number of carbonyl (C=O) groups is 1. The minimum atomic E-state index is -1.54. The third-order valence-corrected chi connectivity index (χ3v) is 9.14. The molecule has 0 aromatic carbocycles. The summed E-state index contributed by atoms with van der Waals surface area (Å²) >= 11 is 0. The standard InChI is InChI=1S/C35H60O10/c1-12-17(2)27(36)18(3)13-19(4)28(37)20(5)14-21(6)29(38)22(7)15-23(8)33(24(9)16-25(10)34(42)43)45-35-32(41)31(40)30(39)26(11)44-35/h13-18,20,22,24,26-33,35-41H,12H2,1-11H3,(H,42,43)/b19-13+,21-14+,23-15+,25-16+/t17?,18?,20-,22-,24-,26-,27?,28+,29+,30-,31+,32+,33+,35+/m0/s1. The van der Waals surface area contributed by atoms with Crippen molar-refractivity contribution in [3.05, 3.63) is 46.6 Å². The lowest BCUT2D eigenvalue weighted by Gasteiger charge is -2.41. The van der Waals surface area contributed by atoms with Crippen molar-refractivity contribution >= 4 is 5.97 Å². The molecule has 0 amide bonds. The number of carboxylic acid groups (broad SMARTS) is 1. The van der Waals surface area contributed by atoms with E-state index in [9.17, 15) is 40.5 Å². The molecule has 3 unspecified atom stereocenters. The lowest BCUT2D eigenvalue weighted by molar-refractivity contribution is -0.303. The fraction of sp³-hybridized carbons (Fsp3) is 0.743. The fourth-order valence-electron chi connectivity index (χ4n) is 5.88. The minimum absolute atomic E-state index is 0.102. The number of aliphatic hydroxyl groups excluding tert-OH is 6. The smallest absolute Gasteiger partial charge is 0.330 e. The summed E-state index contributed by atoms with van der Waals surface area (Å²) in [4.78, 5) is 11.5. The molecule has 260 valence electrons. The molecule has 0 radical (unpaired) electrons. The number of hydrogen-bond donors (Lipinski definition) is 7. The van der Waals surface area contributed by atoms with Crippen molar-refractivity contribution in [3.8, 4) is 0 Å². The summed E-state index contributed by atoms with van der Waals surface area (Å²) in [5.74, 6) is -2.29. The van der Waals surface area contributed by atoms with Crippen LogP contribution in [0.25, 0.3) is 0 Å². The van der Waals surface area contributed by atoms with E-state index in [-0.39, 0.29) is 23.3 Å². The van der Waals surface area contributed by atoms with Gasteiger partial charge in [0.15, 0.2) is 6.29 Å². The van der Waals surface area contributed by atoms with Crippen LogP contribution in [0.4, 0.5) is 0 Å². The van der Waals surface area contributed by atoms with Crippen molar-refractivity contribution in [1.82, 2.24) is 0 Å². The highest BCUT2D eigenvalue weighted by atomic mass is 16.7.